The second-order valence-corrected chi connectivity index (χ2v) is 7.30. The van der Waals surface area contributed by atoms with Gasteiger partial charge in [0.05, 0.1) is 0 Å². The molecule has 148 valence electrons. The van der Waals surface area contributed by atoms with E-state index in [-0.39, 0.29) is 23.4 Å². The number of likely N-dealkylation sites (tertiary alicyclic amines) is 1. The normalized spacial score (nSPS) is 15.7. The molecule has 0 saturated carbocycles. The van der Waals surface area contributed by atoms with Crippen molar-refractivity contribution >= 4 is 12.0 Å². The van der Waals surface area contributed by atoms with Crippen molar-refractivity contribution < 1.29 is 15.0 Å². The number of nitrogens with zero attached hydrogens (tertiary/aromatic N) is 1. The fraction of sp³-hybridized carbons (Fsp3) is 0.348. The molecule has 1 aliphatic heterocycles. The molecule has 0 atom stereocenters. The monoisotopic (exact) mass is 380 g/mol. The molecule has 0 radical (unpaired) electrons. The summed E-state index contributed by atoms with van der Waals surface area (Å²) in [7, 11) is 0. The third-order valence-corrected chi connectivity index (χ3v) is 5.14. The SMILES string of the molecule is O=C(/C=C/c1ccc(O)c(O)c1)NC1CCN(CCCc2ccccc2)CC1. The summed E-state index contributed by atoms with van der Waals surface area (Å²) >= 11 is 0. The van der Waals surface area contributed by atoms with E-state index in [4.69, 9.17) is 0 Å². The second kappa shape index (κ2) is 9.95. The molecule has 0 spiro atoms. The first-order valence-corrected chi connectivity index (χ1v) is 9.87. The van der Waals surface area contributed by atoms with E-state index in [2.05, 4.69) is 34.5 Å². The Morgan fingerprint density at radius 3 is 2.54 bits per heavy atom. The first-order chi connectivity index (χ1) is 13.6. The van der Waals surface area contributed by atoms with Gasteiger partial charge in [0.15, 0.2) is 11.5 Å². The zero-order valence-electron chi connectivity index (χ0n) is 16.1. The van der Waals surface area contributed by atoms with E-state index < -0.39 is 0 Å². The minimum absolute atomic E-state index is 0.130. The molecule has 1 saturated heterocycles. The zero-order chi connectivity index (χ0) is 19.8. The van der Waals surface area contributed by atoms with E-state index in [1.807, 2.05) is 6.07 Å². The van der Waals surface area contributed by atoms with Crippen molar-refractivity contribution in [3.63, 3.8) is 0 Å². The van der Waals surface area contributed by atoms with Gasteiger partial charge >= 0.3 is 0 Å². The summed E-state index contributed by atoms with van der Waals surface area (Å²) in [6, 6.07) is 15.2. The molecular formula is C23H28N2O3. The van der Waals surface area contributed by atoms with Crippen LogP contribution in [-0.2, 0) is 11.2 Å². The van der Waals surface area contributed by atoms with Gasteiger partial charge in [0.2, 0.25) is 5.91 Å². The highest BCUT2D eigenvalue weighted by atomic mass is 16.3. The maximum atomic E-state index is 12.1. The Kier molecular flexibility index (Phi) is 7.09. The summed E-state index contributed by atoms with van der Waals surface area (Å²) in [6.07, 6.45) is 7.29. The molecule has 0 aromatic heterocycles. The minimum Gasteiger partial charge on any atom is -0.504 e. The molecule has 0 aliphatic carbocycles. The quantitative estimate of drug-likeness (QED) is 0.509. The second-order valence-electron chi connectivity index (χ2n) is 7.30. The van der Waals surface area contributed by atoms with Crippen molar-refractivity contribution in [2.75, 3.05) is 19.6 Å². The van der Waals surface area contributed by atoms with Crippen molar-refractivity contribution in [2.24, 2.45) is 0 Å². The molecule has 28 heavy (non-hydrogen) atoms. The Hall–Kier alpha value is -2.79. The lowest BCUT2D eigenvalue weighted by Crippen LogP contribution is -2.44. The Balaban J connectivity index is 1.36. The van der Waals surface area contributed by atoms with Crippen molar-refractivity contribution in [1.29, 1.82) is 0 Å². The molecule has 2 aromatic carbocycles. The van der Waals surface area contributed by atoms with Crippen LogP contribution >= 0.6 is 0 Å². The Labute approximate surface area is 166 Å². The first-order valence-electron chi connectivity index (χ1n) is 9.87. The summed E-state index contributed by atoms with van der Waals surface area (Å²) in [4.78, 5) is 14.6. The standard InChI is InChI=1S/C23H28N2O3/c26-21-10-8-19(17-22(21)27)9-11-23(28)24-20-12-15-25(16-13-20)14-4-7-18-5-2-1-3-6-18/h1-3,5-6,8-11,17,20,26-27H,4,7,12-16H2,(H,24,28)/b11-9+. The molecule has 1 fully saturated rings. The molecular weight excluding hydrogens is 352 g/mol. The lowest BCUT2D eigenvalue weighted by Gasteiger charge is -2.32. The van der Waals surface area contributed by atoms with Gasteiger partial charge in [-0.05, 0) is 61.6 Å². The number of piperidine rings is 1. The molecule has 5 nitrogen and oxygen atoms in total. The van der Waals surface area contributed by atoms with Crippen LogP contribution in [0.5, 0.6) is 11.5 Å². The average molecular weight is 380 g/mol. The Morgan fingerprint density at radius 2 is 1.82 bits per heavy atom. The number of phenolic OH excluding ortho intramolecular Hbond substituents is 2. The number of benzene rings is 2. The van der Waals surface area contributed by atoms with Gasteiger partial charge in [-0.15, -0.1) is 0 Å². The van der Waals surface area contributed by atoms with Gasteiger partial charge in [-0.2, -0.15) is 0 Å². The highest BCUT2D eigenvalue weighted by Crippen LogP contribution is 2.25. The summed E-state index contributed by atoms with van der Waals surface area (Å²) in [5.41, 5.74) is 2.05. The van der Waals surface area contributed by atoms with Crippen LogP contribution in [0.1, 0.15) is 30.4 Å². The van der Waals surface area contributed by atoms with Crippen LogP contribution in [0.4, 0.5) is 0 Å². The fourth-order valence-electron chi connectivity index (χ4n) is 3.52. The summed E-state index contributed by atoms with van der Waals surface area (Å²) in [5, 5.41) is 21.9. The van der Waals surface area contributed by atoms with E-state index >= 15 is 0 Å². The molecule has 0 bridgehead atoms. The van der Waals surface area contributed by atoms with Crippen LogP contribution in [-0.4, -0.2) is 46.7 Å². The van der Waals surface area contributed by atoms with E-state index in [1.165, 1.54) is 23.8 Å². The van der Waals surface area contributed by atoms with Gasteiger partial charge in [0.1, 0.15) is 0 Å². The largest absolute Gasteiger partial charge is 0.504 e. The maximum absolute atomic E-state index is 12.1. The number of amides is 1. The van der Waals surface area contributed by atoms with E-state index in [9.17, 15) is 15.0 Å². The molecule has 2 aromatic rings. The van der Waals surface area contributed by atoms with Crippen molar-refractivity contribution in [3.8, 4) is 11.5 Å². The number of aryl methyl sites for hydroxylation is 1. The summed E-state index contributed by atoms with van der Waals surface area (Å²) < 4.78 is 0. The molecule has 5 heteroatoms. The van der Waals surface area contributed by atoms with Gasteiger partial charge in [0.25, 0.3) is 0 Å². The number of carbonyl (C=O) groups is 1. The average Bonchev–Trinajstić information content (AvgIpc) is 2.71. The molecule has 1 aliphatic rings. The lowest BCUT2D eigenvalue weighted by molar-refractivity contribution is -0.117. The van der Waals surface area contributed by atoms with E-state index in [1.54, 1.807) is 12.1 Å². The van der Waals surface area contributed by atoms with Crippen LogP contribution in [0.25, 0.3) is 6.08 Å². The predicted molar refractivity (Wildman–Crippen MR) is 111 cm³/mol. The van der Waals surface area contributed by atoms with Crippen LogP contribution in [0, 0.1) is 0 Å². The molecule has 3 rings (SSSR count). The summed E-state index contributed by atoms with van der Waals surface area (Å²) in [5.74, 6) is -0.491. The third kappa shape index (κ3) is 6.13. The van der Waals surface area contributed by atoms with Gasteiger partial charge in [-0.25, -0.2) is 0 Å². The molecule has 0 unspecified atom stereocenters. The third-order valence-electron chi connectivity index (χ3n) is 5.14. The molecule has 1 amide bonds. The topological polar surface area (TPSA) is 72.8 Å². The number of phenols is 2. The minimum atomic E-state index is -0.192. The number of hydrogen-bond donors (Lipinski definition) is 3. The molecule has 1 heterocycles. The van der Waals surface area contributed by atoms with Crippen LogP contribution in [0.15, 0.2) is 54.6 Å². The van der Waals surface area contributed by atoms with Crippen LogP contribution < -0.4 is 5.32 Å². The number of rotatable bonds is 7. The fourth-order valence-corrected chi connectivity index (χ4v) is 3.52. The Bertz CT molecular complexity index is 797. The van der Waals surface area contributed by atoms with E-state index in [0.29, 0.717) is 5.56 Å². The van der Waals surface area contributed by atoms with Crippen molar-refractivity contribution in [2.45, 2.75) is 31.7 Å². The molecule has 3 N–H and O–H groups in total. The first kappa shape index (κ1) is 20.0. The van der Waals surface area contributed by atoms with Crippen LogP contribution in [0.3, 0.4) is 0 Å². The number of hydrogen-bond acceptors (Lipinski definition) is 4. The van der Waals surface area contributed by atoms with Gasteiger partial charge in [0, 0.05) is 25.2 Å². The summed E-state index contributed by atoms with van der Waals surface area (Å²) in [6.45, 7) is 3.12. The number of carbonyl (C=O) groups excluding carboxylic acids is 1. The van der Waals surface area contributed by atoms with E-state index in [0.717, 1.165) is 45.3 Å². The maximum Gasteiger partial charge on any atom is 0.244 e. The highest BCUT2D eigenvalue weighted by Gasteiger charge is 2.19. The van der Waals surface area contributed by atoms with Crippen LogP contribution in [0.2, 0.25) is 0 Å². The number of aromatic hydroxyl groups is 2. The van der Waals surface area contributed by atoms with Gasteiger partial charge in [-0.3, -0.25) is 4.79 Å². The predicted octanol–water partition coefficient (Wildman–Crippen LogP) is 3.32. The lowest BCUT2D eigenvalue weighted by atomic mass is 10.0. The zero-order valence-corrected chi connectivity index (χ0v) is 16.1. The van der Waals surface area contributed by atoms with Gasteiger partial charge in [-0.1, -0.05) is 36.4 Å². The van der Waals surface area contributed by atoms with Crippen molar-refractivity contribution in [1.82, 2.24) is 10.2 Å². The van der Waals surface area contributed by atoms with Crippen molar-refractivity contribution in [3.05, 3.63) is 65.7 Å². The highest BCUT2D eigenvalue weighted by molar-refractivity contribution is 5.92. The Morgan fingerprint density at radius 1 is 1.07 bits per heavy atom. The van der Waals surface area contributed by atoms with Gasteiger partial charge < -0.3 is 20.4 Å². The number of nitrogens with one attached hydrogen (secondary N) is 1. The smallest absolute Gasteiger partial charge is 0.244 e.